The van der Waals surface area contributed by atoms with Crippen LogP contribution in [-0.4, -0.2) is 6.10 Å². The van der Waals surface area contributed by atoms with E-state index in [1.165, 1.54) is 77.0 Å². The lowest BCUT2D eigenvalue weighted by Crippen LogP contribution is -2.29. The lowest BCUT2D eigenvalue weighted by molar-refractivity contribution is 0.0510. The monoisotopic (exact) mass is 306 g/mol. The Hall–Kier alpha value is -0.460. The average Bonchev–Trinajstić information content (AvgIpc) is 2.56. The lowest BCUT2D eigenvalue weighted by atomic mass is 9.70. The van der Waals surface area contributed by atoms with Crippen molar-refractivity contribution in [1.82, 2.24) is 0 Å². The van der Waals surface area contributed by atoms with Gasteiger partial charge in [0.15, 0.2) is 0 Å². The second-order valence-electron chi connectivity index (χ2n) is 7.74. The van der Waals surface area contributed by atoms with E-state index in [0.717, 1.165) is 24.2 Å². The van der Waals surface area contributed by atoms with E-state index in [4.69, 9.17) is 4.74 Å². The van der Waals surface area contributed by atoms with E-state index in [2.05, 4.69) is 19.9 Å². The first kappa shape index (κ1) is 17.9. The van der Waals surface area contributed by atoms with Crippen molar-refractivity contribution in [3.63, 3.8) is 0 Å². The van der Waals surface area contributed by atoms with Gasteiger partial charge < -0.3 is 4.74 Å². The molecule has 2 atom stereocenters. The van der Waals surface area contributed by atoms with E-state index in [1.54, 1.807) is 0 Å². The molecule has 2 fully saturated rings. The third-order valence-electron chi connectivity index (χ3n) is 6.04. The zero-order valence-corrected chi connectivity index (χ0v) is 15.1. The largest absolute Gasteiger partial charge is 0.498 e. The number of ether oxygens (including phenoxy) is 1. The fourth-order valence-corrected chi connectivity index (χ4v) is 4.63. The molecule has 0 amide bonds. The summed E-state index contributed by atoms with van der Waals surface area (Å²) >= 11 is 0. The van der Waals surface area contributed by atoms with E-state index in [-0.39, 0.29) is 0 Å². The predicted octanol–water partition coefficient (Wildman–Crippen LogP) is 6.87. The van der Waals surface area contributed by atoms with Crippen molar-refractivity contribution < 1.29 is 4.74 Å². The molecule has 22 heavy (non-hydrogen) atoms. The van der Waals surface area contributed by atoms with Crippen LogP contribution < -0.4 is 0 Å². The minimum atomic E-state index is 0.504. The first-order valence-corrected chi connectivity index (χ1v) is 10.1. The Labute approximate surface area is 138 Å². The van der Waals surface area contributed by atoms with Crippen LogP contribution in [0.15, 0.2) is 12.3 Å². The van der Waals surface area contributed by atoms with Crippen molar-refractivity contribution in [2.75, 3.05) is 0 Å². The van der Waals surface area contributed by atoms with Gasteiger partial charge in [-0.2, -0.15) is 0 Å². The molecule has 0 aliphatic heterocycles. The summed E-state index contributed by atoms with van der Waals surface area (Å²) in [5.74, 6) is 3.00. The van der Waals surface area contributed by atoms with Crippen molar-refractivity contribution in [3.05, 3.63) is 12.3 Å². The highest BCUT2D eigenvalue weighted by Crippen LogP contribution is 2.41. The van der Waals surface area contributed by atoms with Crippen LogP contribution in [0.25, 0.3) is 0 Å². The van der Waals surface area contributed by atoms with Crippen molar-refractivity contribution >= 4 is 0 Å². The van der Waals surface area contributed by atoms with Gasteiger partial charge in [0.2, 0.25) is 0 Å². The first-order chi connectivity index (χ1) is 10.8. The summed E-state index contributed by atoms with van der Waals surface area (Å²) in [6.45, 7) is 4.48. The Morgan fingerprint density at radius 2 is 1.73 bits per heavy atom. The number of unbranched alkanes of at least 4 members (excludes halogenated alkanes) is 2. The van der Waals surface area contributed by atoms with E-state index < -0.39 is 0 Å². The Morgan fingerprint density at radius 3 is 2.45 bits per heavy atom. The molecule has 0 heterocycles. The Bertz CT molecular complexity index is 301. The van der Waals surface area contributed by atoms with Crippen LogP contribution in [0.1, 0.15) is 97.3 Å². The average molecular weight is 307 g/mol. The third kappa shape index (κ3) is 5.97. The number of rotatable bonds is 8. The number of hydrogen-bond donors (Lipinski definition) is 0. The van der Waals surface area contributed by atoms with Gasteiger partial charge in [0.05, 0.1) is 12.4 Å². The van der Waals surface area contributed by atoms with E-state index in [9.17, 15) is 0 Å². The molecule has 128 valence electrons. The SMILES string of the molecule is CC/C=C/O[C@@H]1CCC[C@@H](C2CCC(CCCCC)CC2)C1. The smallest absolute Gasteiger partial charge is 0.0981 e. The molecule has 0 saturated heterocycles. The van der Waals surface area contributed by atoms with Gasteiger partial charge in [0.25, 0.3) is 0 Å². The molecule has 2 saturated carbocycles. The maximum absolute atomic E-state index is 5.95. The Morgan fingerprint density at radius 1 is 0.909 bits per heavy atom. The highest BCUT2D eigenvalue weighted by atomic mass is 16.5. The molecular formula is C21H38O. The molecule has 0 N–H and O–H groups in total. The zero-order valence-electron chi connectivity index (χ0n) is 15.1. The molecule has 0 aromatic carbocycles. The molecular weight excluding hydrogens is 268 g/mol. The van der Waals surface area contributed by atoms with Gasteiger partial charge in [-0.15, -0.1) is 0 Å². The van der Waals surface area contributed by atoms with Crippen LogP contribution >= 0.6 is 0 Å². The molecule has 0 aromatic rings. The molecule has 0 unspecified atom stereocenters. The van der Waals surface area contributed by atoms with Crippen molar-refractivity contribution in [2.24, 2.45) is 17.8 Å². The van der Waals surface area contributed by atoms with Crippen molar-refractivity contribution in [1.29, 1.82) is 0 Å². The zero-order chi connectivity index (χ0) is 15.6. The molecule has 0 radical (unpaired) electrons. The molecule has 1 nitrogen and oxygen atoms in total. The number of hydrogen-bond acceptors (Lipinski definition) is 1. The normalized spacial score (nSPS) is 33.2. The fraction of sp³-hybridized carbons (Fsp3) is 0.905. The van der Waals surface area contributed by atoms with E-state index >= 15 is 0 Å². The second kappa shape index (κ2) is 10.3. The summed E-state index contributed by atoms with van der Waals surface area (Å²) in [6, 6.07) is 0. The van der Waals surface area contributed by atoms with Gasteiger partial charge in [-0.3, -0.25) is 0 Å². The minimum Gasteiger partial charge on any atom is -0.498 e. The van der Waals surface area contributed by atoms with Crippen molar-refractivity contribution in [3.8, 4) is 0 Å². The molecule has 2 aliphatic carbocycles. The predicted molar refractivity (Wildman–Crippen MR) is 95.9 cm³/mol. The van der Waals surface area contributed by atoms with Crippen LogP contribution in [0.5, 0.6) is 0 Å². The van der Waals surface area contributed by atoms with Crippen LogP contribution in [0.4, 0.5) is 0 Å². The number of allylic oxidation sites excluding steroid dienone is 1. The summed E-state index contributed by atoms with van der Waals surface area (Å²) in [4.78, 5) is 0. The first-order valence-electron chi connectivity index (χ1n) is 10.1. The molecule has 2 rings (SSSR count). The molecule has 0 spiro atoms. The van der Waals surface area contributed by atoms with Gasteiger partial charge in [-0.1, -0.05) is 58.4 Å². The van der Waals surface area contributed by atoms with E-state index in [0.29, 0.717) is 6.10 Å². The molecule has 0 bridgehead atoms. The summed E-state index contributed by atoms with van der Waals surface area (Å²) in [5.41, 5.74) is 0. The Balaban J connectivity index is 1.68. The van der Waals surface area contributed by atoms with Crippen LogP contribution in [-0.2, 0) is 4.74 Å². The highest BCUT2D eigenvalue weighted by molar-refractivity contribution is 4.84. The standard InChI is InChI=1S/C21H38O/c1-3-5-7-9-18-12-14-19(15-13-18)20-10-8-11-21(17-20)22-16-6-4-2/h6,16,18-21H,3-5,7-15,17H2,1-2H3/b16-6+/t18?,19?,20-,21-/m1/s1. The maximum Gasteiger partial charge on any atom is 0.0981 e. The van der Waals surface area contributed by atoms with Crippen molar-refractivity contribution in [2.45, 2.75) is 103 Å². The third-order valence-corrected chi connectivity index (χ3v) is 6.04. The molecule has 0 aromatic heterocycles. The maximum atomic E-state index is 5.95. The van der Waals surface area contributed by atoms with Gasteiger partial charge in [0.1, 0.15) is 0 Å². The minimum absolute atomic E-state index is 0.504. The summed E-state index contributed by atoms with van der Waals surface area (Å²) in [5, 5.41) is 0. The van der Waals surface area contributed by atoms with Gasteiger partial charge >= 0.3 is 0 Å². The van der Waals surface area contributed by atoms with Crippen LogP contribution in [0, 0.1) is 17.8 Å². The molecule has 2 aliphatic rings. The van der Waals surface area contributed by atoms with Gasteiger partial charge in [-0.25, -0.2) is 0 Å². The van der Waals surface area contributed by atoms with Gasteiger partial charge in [-0.05, 0) is 62.7 Å². The van der Waals surface area contributed by atoms with Crippen LogP contribution in [0.2, 0.25) is 0 Å². The summed E-state index contributed by atoms with van der Waals surface area (Å²) in [6.07, 6.45) is 22.9. The summed E-state index contributed by atoms with van der Waals surface area (Å²) < 4.78 is 5.95. The fourth-order valence-electron chi connectivity index (χ4n) is 4.63. The second-order valence-corrected chi connectivity index (χ2v) is 7.74. The lowest BCUT2D eigenvalue weighted by Gasteiger charge is -2.38. The molecule has 1 heteroatoms. The highest BCUT2D eigenvalue weighted by Gasteiger charge is 2.31. The topological polar surface area (TPSA) is 9.23 Å². The quantitative estimate of drug-likeness (QED) is 0.351. The van der Waals surface area contributed by atoms with E-state index in [1.807, 2.05) is 6.26 Å². The summed E-state index contributed by atoms with van der Waals surface area (Å²) in [7, 11) is 0. The van der Waals surface area contributed by atoms with Crippen LogP contribution in [0.3, 0.4) is 0 Å². The Kier molecular flexibility index (Phi) is 8.41. The van der Waals surface area contributed by atoms with Gasteiger partial charge in [0, 0.05) is 0 Å².